The number of rotatable bonds is 2. The molecule has 9 rings (SSSR count). The number of hydrogen-bond acceptors (Lipinski definition) is 1. The van der Waals surface area contributed by atoms with E-state index >= 15 is 0 Å². The molecule has 0 bridgehead atoms. The molecule has 3 heteroatoms. The van der Waals surface area contributed by atoms with Crippen molar-refractivity contribution >= 4 is 65.3 Å². The maximum Gasteiger partial charge on any atom is 0.0703 e. The third kappa shape index (κ3) is 2.86. The number of fused-ring (bicyclic) bond motifs is 10. The van der Waals surface area contributed by atoms with E-state index in [4.69, 9.17) is 4.98 Å². The second-order valence-corrected chi connectivity index (χ2v) is 10.4. The van der Waals surface area contributed by atoms with Crippen molar-refractivity contribution in [3.63, 3.8) is 0 Å². The Labute approximate surface area is 230 Å². The molecule has 0 fully saturated rings. The van der Waals surface area contributed by atoms with Crippen LogP contribution in [0.15, 0.2) is 140 Å². The highest BCUT2D eigenvalue weighted by Crippen LogP contribution is 2.42. The van der Waals surface area contributed by atoms with Crippen LogP contribution in [0.25, 0.3) is 76.7 Å². The monoisotopic (exact) mass is 509 g/mol. The number of hydrogen-bond donors (Lipinski definition) is 0. The Hall–Kier alpha value is -5.41. The maximum absolute atomic E-state index is 4.80. The van der Waals surface area contributed by atoms with Gasteiger partial charge in [0.2, 0.25) is 0 Å². The Balaban J connectivity index is 1.43. The lowest BCUT2D eigenvalue weighted by molar-refractivity contribution is 1.16. The smallest absolute Gasteiger partial charge is 0.0703 e. The lowest BCUT2D eigenvalue weighted by atomic mass is 9.99. The second kappa shape index (κ2) is 8.05. The van der Waals surface area contributed by atoms with Crippen molar-refractivity contribution < 1.29 is 0 Å². The highest BCUT2D eigenvalue weighted by molar-refractivity contribution is 6.29. The number of benzene rings is 6. The Morgan fingerprint density at radius 1 is 0.400 bits per heavy atom. The van der Waals surface area contributed by atoms with Crippen molar-refractivity contribution in [1.82, 2.24) is 14.1 Å². The van der Waals surface area contributed by atoms with E-state index < -0.39 is 0 Å². The van der Waals surface area contributed by atoms with Crippen LogP contribution in [0.5, 0.6) is 0 Å². The largest absolute Gasteiger partial charge is 0.309 e. The summed E-state index contributed by atoms with van der Waals surface area (Å²) in [6.07, 6.45) is 2.00. The number of aromatic nitrogens is 3. The molecule has 0 amide bonds. The van der Waals surface area contributed by atoms with E-state index in [0.29, 0.717) is 0 Å². The van der Waals surface area contributed by atoms with Gasteiger partial charge in [-0.05, 0) is 59.3 Å². The van der Waals surface area contributed by atoms with Crippen molar-refractivity contribution in [1.29, 1.82) is 0 Å². The van der Waals surface area contributed by atoms with E-state index in [1.54, 1.807) is 0 Å². The van der Waals surface area contributed by atoms with Crippen molar-refractivity contribution in [3.8, 4) is 11.4 Å². The summed E-state index contributed by atoms with van der Waals surface area (Å²) in [4.78, 5) is 4.80. The average molecular weight is 510 g/mol. The topological polar surface area (TPSA) is 22.8 Å². The van der Waals surface area contributed by atoms with E-state index in [1.165, 1.54) is 60.1 Å². The average Bonchev–Trinajstić information content (AvgIpc) is 3.54. The summed E-state index contributed by atoms with van der Waals surface area (Å²) in [5, 5.41) is 8.78. The first-order valence-corrected chi connectivity index (χ1v) is 13.7. The molecule has 0 aliphatic heterocycles. The third-order valence-electron chi connectivity index (χ3n) is 8.32. The summed E-state index contributed by atoms with van der Waals surface area (Å²) in [5.41, 5.74) is 8.09. The number of nitrogens with zero attached hydrogens (tertiary/aromatic N) is 3. The zero-order chi connectivity index (χ0) is 26.2. The van der Waals surface area contributed by atoms with Gasteiger partial charge in [0.25, 0.3) is 0 Å². The minimum absolute atomic E-state index is 1.01. The molecule has 3 heterocycles. The molecule has 0 aliphatic rings. The third-order valence-corrected chi connectivity index (χ3v) is 8.32. The van der Waals surface area contributed by atoms with Crippen molar-refractivity contribution in [2.45, 2.75) is 0 Å². The predicted octanol–water partition coefficient (Wildman–Crippen LogP) is 9.58. The molecule has 40 heavy (non-hydrogen) atoms. The van der Waals surface area contributed by atoms with Gasteiger partial charge >= 0.3 is 0 Å². The van der Waals surface area contributed by atoms with Gasteiger partial charge < -0.3 is 9.13 Å². The van der Waals surface area contributed by atoms with Crippen LogP contribution in [0.4, 0.5) is 0 Å². The predicted molar refractivity (Wildman–Crippen MR) is 168 cm³/mol. The zero-order valence-electron chi connectivity index (χ0n) is 21.6. The summed E-state index contributed by atoms with van der Waals surface area (Å²) in [7, 11) is 0. The molecule has 0 N–H and O–H groups in total. The minimum atomic E-state index is 1.01. The van der Waals surface area contributed by atoms with Crippen molar-refractivity contribution in [3.05, 3.63) is 140 Å². The van der Waals surface area contributed by atoms with Crippen molar-refractivity contribution in [2.24, 2.45) is 0 Å². The molecule has 0 saturated carbocycles. The van der Waals surface area contributed by atoms with Gasteiger partial charge in [-0.15, -0.1) is 0 Å². The van der Waals surface area contributed by atoms with Crippen LogP contribution in [0.2, 0.25) is 0 Å². The van der Waals surface area contributed by atoms with E-state index in [1.807, 2.05) is 12.3 Å². The van der Waals surface area contributed by atoms with Gasteiger partial charge in [-0.25, -0.2) is 0 Å². The fraction of sp³-hybridized carbons (Fsp3) is 0. The van der Waals surface area contributed by atoms with Gasteiger partial charge in [0.05, 0.1) is 39.5 Å². The van der Waals surface area contributed by atoms with E-state index in [-0.39, 0.29) is 0 Å². The molecule has 0 saturated heterocycles. The van der Waals surface area contributed by atoms with Crippen LogP contribution in [-0.2, 0) is 0 Å². The molecule has 0 spiro atoms. The highest BCUT2D eigenvalue weighted by Gasteiger charge is 2.19. The minimum Gasteiger partial charge on any atom is -0.309 e. The lowest BCUT2D eigenvalue weighted by Crippen LogP contribution is -1.95. The molecule has 9 aromatic rings. The standard InChI is InChI=1S/C37H23N3/c1-2-11-25(12-3-1)39-32-16-8-5-13-29(32)36-27-19-21-35-37(28(27)18-20-34(36)39)30-14-6-9-17-33(30)40(35)26-22-24-10-4-7-15-31(24)38-23-26/h1-23H. The van der Waals surface area contributed by atoms with Crippen molar-refractivity contribution in [2.75, 3.05) is 0 Å². The number of para-hydroxylation sites is 4. The highest BCUT2D eigenvalue weighted by atomic mass is 15.0. The van der Waals surface area contributed by atoms with Crippen LogP contribution in [0.3, 0.4) is 0 Å². The summed E-state index contributed by atoms with van der Waals surface area (Å²) in [6.45, 7) is 0. The van der Waals surface area contributed by atoms with Crippen LogP contribution in [0.1, 0.15) is 0 Å². The van der Waals surface area contributed by atoms with E-state index in [0.717, 1.165) is 16.6 Å². The quantitative estimate of drug-likeness (QED) is 0.227. The molecule has 0 unspecified atom stereocenters. The van der Waals surface area contributed by atoms with Crippen LogP contribution >= 0.6 is 0 Å². The van der Waals surface area contributed by atoms with Gasteiger partial charge in [-0.1, -0.05) is 84.9 Å². The fourth-order valence-corrected chi connectivity index (χ4v) is 6.66. The summed E-state index contributed by atoms with van der Waals surface area (Å²) < 4.78 is 4.75. The Morgan fingerprint density at radius 3 is 1.62 bits per heavy atom. The first kappa shape index (κ1) is 21.5. The summed E-state index contributed by atoms with van der Waals surface area (Å²) in [5.74, 6) is 0. The van der Waals surface area contributed by atoms with E-state index in [9.17, 15) is 0 Å². The second-order valence-electron chi connectivity index (χ2n) is 10.4. The fourth-order valence-electron chi connectivity index (χ4n) is 6.66. The Morgan fingerprint density at radius 2 is 0.950 bits per heavy atom. The van der Waals surface area contributed by atoms with Crippen LogP contribution in [0, 0.1) is 0 Å². The van der Waals surface area contributed by atoms with Gasteiger partial charge in [0.1, 0.15) is 0 Å². The molecular weight excluding hydrogens is 486 g/mol. The normalized spacial score (nSPS) is 12.0. The molecule has 6 aromatic carbocycles. The SMILES string of the molecule is c1ccc(-n2c3ccccc3c3c4ccc5c(c4ccc32)c2ccccc2n5-c2cnc3ccccc3c2)cc1. The molecule has 0 atom stereocenters. The van der Waals surface area contributed by atoms with Gasteiger partial charge in [0.15, 0.2) is 0 Å². The Bertz CT molecular complexity index is 2430. The summed E-state index contributed by atoms with van der Waals surface area (Å²) in [6, 6.07) is 47.9. The number of pyridine rings is 1. The molecule has 3 nitrogen and oxygen atoms in total. The molecule has 186 valence electrons. The maximum atomic E-state index is 4.80. The van der Waals surface area contributed by atoms with Gasteiger partial charge in [0, 0.05) is 32.6 Å². The summed E-state index contributed by atoms with van der Waals surface area (Å²) >= 11 is 0. The molecule has 3 aromatic heterocycles. The van der Waals surface area contributed by atoms with Gasteiger partial charge in [-0.2, -0.15) is 0 Å². The molecular formula is C37H23N3. The molecule has 0 aliphatic carbocycles. The van der Waals surface area contributed by atoms with Crippen LogP contribution < -0.4 is 0 Å². The first-order chi connectivity index (χ1) is 19.9. The van der Waals surface area contributed by atoms with Crippen LogP contribution in [-0.4, -0.2) is 14.1 Å². The van der Waals surface area contributed by atoms with E-state index in [2.05, 4.69) is 137 Å². The lowest BCUT2D eigenvalue weighted by Gasteiger charge is -2.10. The first-order valence-electron chi connectivity index (χ1n) is 13.7. The van der Waals surface area contributed by atoms with Gasteiger partial charge in [-0.3, -0.25) is 4.98 Å². The zero-order valence-corrected chi connectivity index (χ0v) is 21.6. The Kier molecular flexibility index (Phi) is 4.33. The molecule has 0 radical (unpaired) electrons.